The highest BCUT2D eigenvalue weighted by Crippen LogP contribution is 2.38. The van der Waals surface area contributed by atoms with E-state index in [4.69, 9.17) is 26.4 Å². The first-order valence-corrected chi connectivity index (χ1v) is 16.0. The van der Waals surface area contributed by atoms with E-state index in [1.54, 1.807) is 18.9 Å². The molecule has 0 aliphatic carbocycles. The summed E-state index contributed by atoms with van der Waals surface area (Å²) in [5, 5.41) is 9.55. The molecule has 10 nitrogen and oxygen atoms in total. The van der Waals surface area contributed by atoms with Gasteiger partial charge in [0.15, 0.2) is 5.11 Å². The number of thiocarbonyl (C=S) groups is 1. The number of anilines is 3. The fourth-order valence-electron chi connectivity index (χ4n) is 4.44. The zero-order valence-electron chi connectivity index (χ0n) is 25.4. The fraction of sp³-hybridized carbons (Fsp3) is 0.355. The number of thiophene rings is 1. The van der Waals surface area contributed by atoms with Crippen LogP contribution in [0.5, 0.6) is 5.75 Å². The summed E-state index contributed by atoms with van der Waals surface area (Å²) in [6.07, 6.45) is 0.0308. The van der Waals surface area contributed by atoms with Crippen molar-refractivity contribution >= 4 is 74.8 Å². The molecule has 234 valence electrons. The Hall–Kier alpha value is -3.81. The number of rotatable bonds is 8. The van der Waals surface area contributed by atoms with Crippen molar-refractivity contribution in [3.05, 3.63) is 64.5 Å². The third-order valence-corrected chi connectivity index (χ3v) is 8.89. The summed E-state index contributed by atoms with van der Waals surface area (Å²) in [6, 6.07) is 15.0. The van der Waals surface area contributed by atoms with Crippen LogP contribution < -0.4 is 20.7 Å². The van der Waals surface area contributed by atoms with Crippen LogP contribution in [0.3, 0.4) is 0 Å². The van der Waals surface area contributed by atoms with E-state index >= 15 is 0 Å². The van der Waals surface area contributed by atoms with Gasteiger partial charge in [-0.3, -0.25) is 4.79 Å². The van der Waals surface area contributed by atoms with Crippen LogP contribution in [0.4, 0.5) is 21.2 Å². The lowest BCUT2D eigenvalue weighted by Crippen LogP contribution is -2.39. The lowest BCUT2D eigenvalue weighted by molar-refractivity contribution is -0.115. The number of nitrogens with one attached hydrogen (secondary N) is 3. The van der Waals surface area contributed by atoms with Gasteiger partial charge in [-0.2, -0.15) is 0 Å². The molecule has 1 aromatic heterocycles. The van der Waals surface area contributed by atoms with Crippen molar-refractivity contribution in [3.63, 3.8) is 0 Å². The Labute approximate surface area is 270 Å². The molecule has 0 saturated carbocycles. The van der Waals surface area contributed by atoms with Crippen LogP contribution >= 0.6 is 35.3 Å². The first kappa shape index (κ1) is 33.1. The summed E-state index contributed by atoms with van der Waals surface area (Å²) in [7, 11) is 2.91. The summed E-state index contributed by atoms with van der Waals surface area (Å²) >= 11 is 8.13. The van der Waals surface area contributed by atoms with Gasteiger partial charge < -0.3 is 35.1 Å². The van der Waals surface area contributed by atoms with Gasteiger partial charge in [0.05, 0.1) is 37.3 Å². The molecule has 1 atom stereocenters. The number of esters is 1. The van der Waals surface area contributed by atoms with Crippen LogP contribution in [-0.2, 0) is 27.2 Å². The van der Waals surface area contributed by atoms with Crippen molar-refractivity contribution in [2.75, 3.05) is 36.7 Å². The topological polar surface area (TPSA) is 118 Å². The summed E-state index contributed by atoms with van der Waals surface area (Å²) in [5.41, 5.74) is 2.00. The van der Waals surface area contributed by atoms with Gasteiger partial charge in [-0.25, -0.2) is 9.59 Å². The molecule has 3 aromatic rings. The largest absolute Gasteiger partial charge is 0.495 e. The van der Waals surface area contributed by atoms with E-state index in [0.717, 1.165) is 26.7 Å². The third kappa shape index (κ3) is 8.42. The first-order chi connectivity index (χ1) is 20.9. The number of hydrogen-bond donors (Lipinski definition) is 3. The number of hydrogen-bond acceptors (Lipinski definition) is 9. The minimum atomic E-state index is -0.619. The minimum Gasteiger partial charge on any atom is -0.495 e. The molecule has 3 N–H and O–H groups in total. The number of thioether (sulfide) groups is 1. The van der Waals surface area contributed by atoms with E-state index in [-0.39, 0.29) is 12.5 Å². The number of carbonyl (C=O) groups is 3. The predicted octanol–water partition coefficient (Wildman–Crippen LogP) is 6.76. The molecule has 0 spiro atoms. The third-order valence-electron chi connectivity index (χ3n) is 6.46. The quantitative estimate of drug-likeness (QED) is 0.136. The molecule has 4 rings (SSSR count). The zero-order chi connectivity index (χ0) is 32.0. The number of nitrogens with zero attached hydrogens (tertiary/aromatic N) is 1. The van der Waals surface area contributed by atoms with Crippen molar-refractivity contribution in [2.45, 2.75) is 56.4 Å². The van der Waals surface area contributed by atoms with Crippen molar-refractivity contribution in [1.29, 1.82) is 0 Å². The molecular formula is C31H36N4O6S3. The monoisotopic (exact) mass is 656 g/mol. The van der Waals surface area contributed by atoms with E-state index < -0.39 is 22.9 Å². The molecule has 0 bridgehead atoms. The molecule has 0 radical (unpaired) electrons. The molecule has 13 heteroatoms. The Morgan fingerprint density at radius 2 is 1.80 bits per heavy atom. The van der Waals surface area contributed by atoms with E-state index in [0.29, 0.717) is 34.4 Å². The number of carbonyl (C=O) groups excluding carboxylic acids is 3. The molecule has 1 unspecified atom stereocenters. The summed E-state index contributed by atoms with van der Waals surface area (Å²) in [6.45, 7) is 7.92. The van der Waals surface area contributed by atoms with E-state index in [9.17, 15) is 14.4 Å². The molecule has 44 heavy (non-hydrogen) atoms. The lowest BCUT2D eigenvalue weighted by Gasteiger charge is -2.30. The summed E-state index contributed by atoms with van der Waals surface area (Å²) in [5.74, 6) is -0.127. The van der Waals surface area contributed by atoms with Crippen molar-refractivity contribution in [1.82, 2.24) is 4.90 Å². The number of fused-ring (bicyclic) bond motifs is 1. The van der Waals surface area contributed by atoms with Crippen molar-refractivity contribution in [2.24, 2.45) is 0 Å². The van der Waals surface area contributed by atoms with Gasteiger partial charge >= 0.3 is 12.1 Å². The second kappa shape index (κ2) is 14.3. The smallest absolute Gasteiger partial charge is 0.410 e. The van der Waals surface area contributed by atoms with E-state index in [2.05, 4.69) is 16.0 Å². The molecule has 1 aliphatic rings. The summed E-state index contributed by atoms with van der Waals surface area (Å²) in [4.78, 5) is 42.0. The maximum Gasteiger partial charge on any atom is 0.410 e. The maximum absolute atomic E-state index is 13.3. The van der Waals surface area contributed by atoms with Crippen molar-refractivity contribution in [3.8, 4) is 5.75 Å². The zero-order valence-corrected chi connectivity index (χ0v) is 27.9. The average molecular weight is 657 g/mol. The Morgan fingerprint density at radius 1 is 1.05 bits per heavy atom. The van der Waals surface area contributed by atoms with E-state index in [1.165, 1.54) is 30.2 Å². The highest BCUT2D eigenvalue weighted by atomic mass is 32.2. The van der Waals surface area contributed by atoms with Crippen LogP contribution in [0.2, 0.25) is 0 Å². The van der Waals surface area contributed by atoms with Crippen LogP contribution in [0, 0.1) is 0 Å². The first-order valence-electron chi connectivity index (χ1n) is 13.9. The van der Waals surface area contributed by atoms with Gasteiger partial charge in [-0.05, 0) is 82.2 Å². The van der Waals surface area contributed by atoms with Gasteiger partial charge in [0.1, 0.15) is 16.4 Å². The molecule has 2 amide bonds. The Bertz CT molecular complexity index is 1550. The minimum absolute atomic E-state index is 0.269. The maximum atomic E-state index is 13.3. The average Bonchev–Trinajstić information content (AvgIpc) is 3.33. The molecule has 1 aliphatic heterocycles. The van der Waals surface area contributed by atoms with E-state index in [1.807, 2.05) is 69.3 Å². The van der Waals surface area contributed by atoms with Gasteiger partial charge in [-0.15, -0.1) is 23.1 Å². The number of amides is 2. The number of para-hydroxylation sites is 2. The summed E-state index contributed by atoms with van der Waals surface area (Å²) < 4.78 is 15.9. The SMILES string of the molecule is COC(=O)c1c(NC(=O)C(C)Sc2cccc(NC(=S)Nc3ccccc3OC)c2)sc2c1CCN(C(=O)OC(C)(C)C)C2. The van der Waals surface area contributed by atoms with Crippen molar-refractivity contribution < 1.29 is 28.6 Å². The second-order valence-electron chi connectivity index (χ2n) is 10.9. The van der Waals surface area contributed by atoms with Gasteiger partial charge in [0, 0.05) is 22.0 Å². The standard InChI is InChI=1S/C31H36N4O6S3/c1-18(43-20-11-9-10-19(16-20)32-29(42)33-22-12-7-8-13-23(22)39-5)26(36)34-27-25(28(37)40-6)21-14-15-35(17-24(21)44-27)30(38)41-31(2,3)4/h7-13,16,18H,14-15,17H2,1-6H3,(H,34,36)(H2,32,33,42). The molecule has 0 saturated heterocycles. The van der Waals surface area contributed by atoms with Crippen LogP contribution in [0.15, 0.2) is 53.4 Å². The molecule has 0 fully saturated rings. The normalized spacial score (nSPS) is 13.3. The molecule has 2 aromatic carbocycles. The predicted molar refractivity (Wildman–Crippen MR) is 179 cm³/mol. The van der Waals surface area contributed by atoms with Crippen LogP contribution in [-0.4, -0.2) is 59.6 Å². The Balaban J connectivity index is 1.42. The Kier molecular flexibility index (Phi) is 10.8. The Morgan fingerprint density at radius 3 is 2.50 bits per heavy atom. The fourth-order valence-corrected chi connectivity index (χ4v) is 6.85. The lowest BCUT2D eigenvalue weighted by atomic mass is 10.0. The van der Waals surface area contributed by atoms with Gasteiger partial charge in [0.2, 0.25) is 5.91 Å². The highest BCUT2D eigenvalue weighted by Gasteiger charge is 2.33. The second-order valence-corrected chi connectivity index (χ2v) is 13.8. The highest BCUT2D eigenvalue weighted by molar-refractivity contribution is 8.00. The molecule has 2 heterocycles. The number of benzene rings is 2. The number of methoxy groups -OCH3 is 2. The van der Waals surface area contributed by atoms with Gasteiger partial charge in [-0.1, -0.05) is 18.2 Å². The van der Waals surface area contributed by atoms with Crippen LogP contribution in [0.25, 0.3) is 0 Å². The van der Waals surface area contributed by atoms with Crippen LogP contribution in [0.1, 0.15) is 48.5 Å². The molecular weight excluding hydrogens is 621 g/mol. The number of ether oxygens (including phenoxy) is 3. The van der Waals surface area contributed by atoms with Gasteiger partial charge in [0.25, 0.3) is 0 Å².